The summed E-state index contributed by atoms with van der Waals surface area (Å²) in [6.45, 7) is 0. The van der Waals surface area contributed by atoms with Crippen molar-refractivity contribution in [2.45, 2.75) is 38.2 Å². The molecule has 66 valence electrons. The van der Waals surface area contributed by atoms with Gasteiger partial charge in [0, 0.05) is 12.4 Å². The molecule has 0 aliphatic heterocycles. The van der Waals surface area contributed by atoms with Gasteiger partial charge in [0.15, 0.2) is 0 Å². The van der Waals surface area contributed by atoms with Crippen molar-refractivity contribution in [1.29, 1.82) is 0 Å². The maximum atomic E-state index is 5.44. The van der Waals surface area contributed by atoms with Crippen molar-refractivity contribution in [2.24, 2.45) is 5.92 Å². The summed E-state index contributed by atoms with van der Waals surface area (Å²) in [5, 5.41) is 1.12. The molecule has 0 amide bonds. The van der Waals surface area contributed by atoms with E-state index in [1.807, 2.05) is 7.11 Å². The van der Waals surface area contributed by atoms with Gasteiger partial charge >= 0.3 is 0 Å². The van der Waals surface area contributed by atoms with Gasteiger partial charge in [-0.25, -0.2) is 0 Å². The molecule has 0 aromatic rings. The van der Waals surface area contributed by atoms with E-state index in [0.717, 1.165) is 11.2 Å². The Kier molecular flexibility index (Phi) is 4.46. The zero-order valence-electron chi connectivity index (χ0n) is 7.18. The summed E-state index contributed by atoms with van der Waals surface area (Å²) in [6, 6.07) is 0. The summed E-state index contributed by atoms with van der Waals surface area (Å²) in [6.07, 6.45) is 7.22. The average molecular weight is 221 g/mol. The van der Waals surface area contributed by atoms with Crippen molar-refractivity contribution >= 4 is 15.9 Å². The van der Waals surface area contributed by atoms with Crippen LogP contribution < -0.4 is 0 Å². The Morgan fingerprint density at radius 2 is 2.09 bits per heavy atom. The molecule has 0 heterocycles. The van der Waals surface area contributed by atoms with Crippen molar-refractivity contribution in [3.05, 3.63) is 0 Å². The van der Waals surface area contributed by atoms with Crippen LogP contribution in [0.4, 0.5) is 0 Å². The minimum Gasteiger partial charge on any atom is -0.381 e. The molecule has 2 unspecified atom stereocenters. The number of rotatable bonds is 3. The average Bonchev–Trinajstić information content (AvgIpc) is 2.06. The lowest BCUT2D eigenvalue weighted by Gasteiger charge is -2.29. The number of hydrogen-bond acceptors (Lipinski definition) is 1. The van der Waals surface area contributed by atoms with Crippen molar-refractivity contribution in [2.75, 3.05) is 12.4 Å². The highest BCUT2D eigenvalue weighted by atomic mass is 79.9. The Morgan fingerprint density at radius 1 is 1.36 bits per heavy atom. The van der Waals surface area contributed by atoms with E-state index in [9.17, 15) is 0 Å². The summed E-state index contributed by atoms with van der Waals surface area (Å²) < 4.78 is 5.44. The number of halogens is 1. The molecule has 0 N–H and O–H groups in total. The predicted octanol–water partition coefficient (Wildman–Crippen LogP) is 2.98. The molecule has 1 nitrogen and oxygen atoms in total. The lowest BCUT2D eigenvalue weighted by molar-refractivity contribution is 0.0229. The number of methoxy groups -OCH3 is 1. The Balaban J connectivity index is 2.31. The number of ether oxygens (including phenoxy) is 1. The van der Waals surface area contributed by atoms with Gasteiger partial charge in [-0.2, -0.15) is 0 Å². The topological polar surface area (TPSA) is 9.23 Å². The van der Waals surface area contributed by atoms with Crippen LogP contribution in [0.25, 0.3) is 0 Å². The molecule has 11 heavy (non-hydrogen) atoms. The molecule has 0 spiro atoms. The van der Waals surface area contributed by atoms with Gasteiger partial charge in [-0.1, -0.05) is 28.8 Å². The molecule has 0 bridgehead atoms. The Morgan fingerprint density at radius 3 is 2.73 bits per heavy atom. The minimum absolute atomic E-state index is 0.543. The first kappa shape index (κ1) is 9.53. The fourth-order valence-electron chi connectivity index (χ4n) is 1.95. The monoisotopic (exact) mass is 220 g/mol. The zero-order valence-corrected chi connectivity index (χ0v) is 8.77. The van der Waals surface area contributed by atoms with E-state index in [4.69, 9.17) is 4.74 Å². The van der Waals surface area contributed by atoms with Gasteiger partial charge in [0.25, 0.3) is 0 Å². The summed E-state index contributed by atoms with van der Waals surface area (Å²) in [4.78, 5) is 0. The van der Waals surface area contributed by atoms with Gasteiger partial charge in [-0.05, 0) is 25.2 Å². The molecule has 0 aromatic carbocycles. The zero-order chi connectivity index (χ0) is 8.10. The summed E-state index contributed by atoms with van der Waals surface area (Å²) >= 11 is 3.49. The standard InChI is InChI=1S/C9H17BrO/c1-11-9-5-3-2-4-8(9)6-7-10/h8-9H,2-7H2,1H3. The molecule has 0 aromatic heterocycles. The maximum absolute atomic E-state index is 5.44. The fraction of sp³-hybridized carbons (Fsp3) is 1.00. The summed E-state index contributed by atoms with van der Waals surface area (Å²) in [5.74, 6) is 0.813. The largest absolute Gasteiger partial charge is 0.381 e. The predicted molar refractivity (Wildman–Crippen MR) is 51.2 cm³/mol. The van der Waals surface area contributed by atoms with E-state index >= 15 is 0 Å². The van der Waals surface area contributed by atoms with Crippen LogP contribution in [0.3, 0.4) is 0 Å². The molecule has 2 atom stereocenters. The third kappa shape index (κ3) is 2.75. The molecular formula is C9H17BrO. The molecule has 1 saturated carbocycles. The Bertz CT molecular complexity index is 104. The third-order valence-corrected chi connectivity index (χ3v) is 3.08. The van der Waals surface area contributed by atoms with Gasteiger partial charge in [0.1, 0.15) is 0 Å². The van der Waals surface area contributed by atoms with Crippen LogP contribution in [-0.2, 0) is 4.74 Å². The van der Waals surface area contributed by atoms with Crippen LogP contribution in [0.5, 0.6) is 0 Å². The van der Waals surface area contributed by atoms with Crippen LogP contribution in [-0.4, -0.2) is 18.5 Å². The lowest BCUT2D eigenvalue weighted by Crippen LogP contribution is -2.26. The third-order valence-electron chi connectivity index (χ3n) is 2.62. The van der Waals surface area contributed by atoms with Gasteiger partial charge in [0.2, 0.25) is 0 Å². The molecular weight excluding hydrogens is 204 g/mol. The van der Waals surface area contributed by atoms with Crippen LogP contribution in [0.15, 0.2) is 0 Å². The van der Waals surface area contributed by atoms with Crippen LogP contribution in [0.1, 0.15) is 32.1 Å². The quantitative estimate of drug-likeness (QED) is 0.665. The Labute approximate surface area is 77.6 Å². The number of alkyl halides is 1. The molecule has 0 radical (unpaired) electrons. The lowest BCUT2D eigenvalue weighted by atomic mass is 9.85. The van der Waals surface area contributed by atoms with Crippen molar-refractivity contribution < 1.29 is 4.74 Å². The van der Waals surface area contributed by atoms with E-state index in [0.29, 0.717) is 6.10 Å². The molecule has 1 rings (SSSR count). The number of hydrogen-bond donors (Lipinski definition) is 0. The fourth-order valence-corrected chi connectivity index (χ4v) is 2.54. The first-order valence-corrected chi connectivity index (χ1v) is 5.59. The minimum atomic E-state index is 0.543. The summed E-state index contributed by atoms with van der Waals surface area (Å²) in [7, 11) is 1.84. The molecule has 1 fully saturated rings. The molecule has 1 aliphatic rings. The maximum Gasteiger partial charge on any atom is 0.0599 e. The highest BCUT2D eigenvalue weighted by Crippen LogP contribution is 2.29. The van der Waals surface area contributed by atoms with E-state index < -0.39 is 0 Å². The highest BCUT2D eigenvalue weighted by Gasteiger charge is 2.23. The van der Waals surface area contributed by atoms with Crippen LogP contribution in [0, 0.1) is 5.92 Å². The van der Waals surface area contributed by atoms with E-state index in [1.165, 1.54) is 32.1 Å². The van der Waals surface area contributed by atoms with Crippen molar-refractivity contribution in [3.8, 4) is 0 Å². The highest BCUT2D eigenvalue weighted by molar-refractivity contribution is 9.09. The van der Waals surface area contributed by atoms with Crippen molar-refractivity contribution in [3.63, 3.8) is 0 Å². The smallest absolute Gasteiger partial charge is 0.0599 e. The van der Waals surface area contributed by atoms with E-state index in [1.54, 1.807) is 0 Å². The van der Waals surface area contributed by atoms with Gasteiger partial charge in [-0.3, -0.25) is 0 Å². The van der Waals surface area contributed by atoms with Crippen molar-refractivity contribution in [1.82, 2.24) is 0 Å². The first-order chi connectivity index (χ1) is 5.38. The van der Waals surface area contributed by atoms with Crippen LogP contribution >= 0.6 is 15.9 Å². The van der Waals surface area contributed by atoms with Gasteiger partial charge in [-0.15, -0.1) is 0 Å². The van der Waals surface area contributed by atoms with Gasteiger partial charge < -0.3 is 4.74 Å². The normalized spacial score (nSPS) is 32.2. The second-order valence-corrected chi connectivity index (χ2v) is 4.09. The summed E-state index contributed by atoms with van der Waals surface area (Å²) in [5.41, 5.74) is 0. The van der Waals surface area contributed by atoms with Gasteiger partial charge in [0.05, 0.1) is 6.10 Å². The second kappa shape index (κ2) is 5.15. The first-order valence-electron chi connectivity index (χ1n) is 4.47. The van der Waals surface area contributed by atoms with E-state index in [-0.39, 0.29) is 0 Å². The second-order valence-electron chi connectivity index (χ2n) is 3.30. The van der Waals surface area contributed by atoms with Crippen LogP contribution in [0.2, 0.25) is 0 Å². The Hall–Kier alpha value is 0.440. The molecule has 2 heteroatoms. The van der Waals surface area contributed by atoms with E-state index in [2.05, 4.69) is 15.9 Å². The SMILES string of the molecule is COC1CCCCC1CCBr. The molecule has 0 saturated heterocycles. The molecule has 1 aliphatic carbocycles.